The zero-order valence-corrected chi connectivity index (χ0v) is 12.9. The van der Waals surface area contributed by atoms with Crippen LogP contribution in [-0.4, -0.2) is 28.8 Å². The van der Waals surface area contributed by atoms with Gasteiger partial charge < -0.3 is 16.0 Å². The van der Waals surface area contributed by atoms with Crippen LogP contribution in [-0.2, 0) is 6.54 Å². The van der Waals surface area contributed by atoms with Crippen LogP contribution in [0.15, 0.2) is 30.5 Å². The minimum absolute atomic E-state index is 0.163. The van der Waals surface area contributed by atoms with Gasteiger partial charge in [0.05, 0.1) is 5.69 Å². The Balaban J connectivity index is 2.12. The summed E-state index contributed by atoms with van der Waals surface area (Å²) in [4.78, 5) is 23.8. The molecule has 0 spiro atoms. The van der Waals surface area contributed by atoms with E-state index in [0.717, 1.165) is 0 Å². The van der Waals surface area contributed by atoms with Crippen molar-refractivity contribution in [2.45, 2.75) is 13.5 Å². The Bertz CT molecular complexity index is 681. The summed E-state index contributed by atoms with van der Waals surface area (Å²) in [5.74, 6) is -0.367. The molecule has 0 atom stereocenters. The molecule has 0 aliphatic rings. The molecule has 2 rings (SSSR count). The summed E-state index contributed by atoms with van der Waals surface area (Å²) in [6.07, 6.45) is 1.60. The maximum Gasteiger partial charge on any atom is 0.323 e. The highest BCUT2D eigenvalue weighted by Gasteiger charge is 2.17. The number of aryl methyl sites for hydroxylation is 1. The van der Waals surface area contributed by atoms with Gasteiger partial charge in [0.1, 0.15) is 0 Å². The Hall–Kier alpha value is -2.54. The fourth-order valence-corrected chi connectivity index (χ4v) is 1.90. The van der Waals surface area contributed by atoms with Crippen molar-refractivity contribution in [3.63, 3.8) is 0 Å². The second-order valence-corrected chi connectivity index (χ2v) is 4.85. The first-order valence-electron chi connectivity index (χ1n) is 6.66. The van der Waals surface area contributed by atoms with E-state index in [9.17, 15) is 9.59 Å². The molecule has 3 N–H and O–H groups in total. The summed E-state index contributed by atoms with van der Waals surface area (Å²) in [5.41, 5.74) is 1.09. The second kappa shape index (κ2) is 6.95. The standard InChI is InChI=1S/C14H16ClN5O2/c1-3-20-8-11(12(19-20)13(21)16-2)18-14(22)17-10-6-4-9(15)5-7-10/h4-8H,3H2,1-2H3,(H,16,21)(H2,17,18,22). The minimum Gasteiger partial charge on any atom is -0.354 e. The van der Waals surface area contributed by atoms with E-state index in [0.29, 0.717) is 22.9 Å². The molecule has 1 aromatic heterocycles. The van der Waals surface area contributed by atoms with Crippen LogP contribution in [0.2, 0.25) is 5.02 Å². The maximum absolute atomic E-state index is 12.0. The lowest BCUT2D eigenvalue weighted by molar-refractivity contribution is 0.0958. The molecule has 0 unspecified atom stereocenters. The molecule has 0 saturated heterocycles. The number of urea groups is 1. The smallest absolute Gasteiger partial charge is 0.323 e. The van der Waals surface area contributed by atoms with E-state index in [1.165, 1.54) is 7.05 Å². The van der Waals surface area contributed by atoms with E-state index in [2.05, 4.69) is 21.0 Å². The molecule has 0 bridgehead atoms. The van der Waals surface area contributed by atoms with E-state index in [-0.39, 0.29) is 11.6 Å². The van der Waals surface area contributed by atoms with Gasteiger partial charge in [0.15, 0.2) is 5.69 Å². The minimum atomic E-state index is -0.469. The molecular formula is C14H16ClN5O2. The second-order valence-electron chi connectivity index (χ2n) is 4.41. The van der Waals surface area contributed by atoms with Crippen molar-refractivity contribution in [1.29, 1.82) is 0 Å². The summed E-state index contributed by atoms with van der Waals surface area (Å²) < 4.78 is 1.57. The highest BCUT2D eigenvalue weighted by atomic mass is 35.5. The first-order valence-corrected chi connectivity index (χ1v) is 7.04. The van der Waals surface area contributed by atoms with E-state index in [1.807, 2.05) is 6.92 Å². The average molecular weight is 322 g/mol. The quantitative estimate of drug-likeness (QED) is 0.808. The molecule has 3 amide bonds. The van der Waals surface area contributed by atoms with Gasteiger partial charge in [-0.2, -0.15) is 5.10 Å². The van der Waals surface area contributed by atoms with Crippen molar-refractivity contribution in [3.8, 4) is 0 Å². The predicted octanol–water partition coefficient (Wildman–Crippen LogP) is 2.56. The number of nitrogens with zero attached hydrogens (tertiary/aromatic N) is 2. The number of carbonyl (C=O) groups excluding carboxylic acids is 2. The topological polar surface area (TPSA) is 88.0 Å². The zero-order valence-electron chi connectivity index (χ0n) is 12.2. The number of hydrogen-bond acceptors (Lipinski definition) is 3. The average Bonchev–Trinajstić information content (AvgIpc) is 2.91. The number of anilines is 2. The number of hydrogen-bond donors (Lipinski definition) is 3. The van der Waals surface area contributed by atoms with Gasteiger partial charge in [-0.25, -0.2) is 4.79 Å². The Kier molecular flexibility index (Phi) is 5.00. The van der Waals surface area contributed by atoms with E-state index < -0.39 is 6.03 Å². The summed E-state index contributed by atoms with van der Waals surface area (Å²) in [5, 5.41) is 12.5. The van der Waals surface area contributed by atoms with Gasteiger partial charge in [0.2, 0.25) is 0 Å². The first-order chi connectivity index (χ1) is 10.5. The van der Waals surface area contributed by atoms with Crippen LogP contribution in [0.4, 0.5) is 16.2 Å². The first kappa shape index (κ1) is 15.8. The fourth-order valence-electron chi connectivity index (χ4n) is 1.78. The SMILES string of the molecule is CCn1cc(NC(=O)Nc2ccc(Cl)cc2)c(C(=O)NC)n1. The van der Waals surface area contributed by atoms with Gasteiger partial charge in [-0.3, -0.25) is 9.48 Å². The molecule has 0 radical (unpaired) electrons. The van der Waals surface area contributed by atoms with Crippen LogP contribution in [0.25, 0.3) is 0 Å². The van der Waals surface area contributed by atoms with E-state index >= 15 is 0 Å². The van der Waals surface area contributed by atoms with E-state index in [1.54, 1.807) is 35.1 Å². The molecule has 2 aromatic rings. The van der Waals surface area contributed by atoms with Crippen LogP contribution < -0.4 is 16.0 Å². The van der Waals surface area contributed by atoms with Crippen LogP contribution >= 0.6 is 11.6 Å². The number of amides is 3. The van der Waals surface area contributed by atoms with Crippen molar-refractivity contribution in [2.75, 3.05) is 17.7 Å². The summed E-state index contributed by atoms with van der Waals surface area (Å²) in [7, 11) is 1.50. The Morgan fingerprint density at radius 3 is 2.50 bits per heavy atom. The van der Waals surface area contributed by atoms with Crippen molar-refractivity contribution in [3.05, 3.63) is 41.2 Å². The van der Waals surface area contributed by atoms with E-state index in [4.69, 9.17) is 11.6 Å². The van der Waals surface area contributed by atoms with Crippen molar-refractivity contribution < 1.29 is 9.59 Å². The third kappa shape index (κ3) is 3.76. The molecule has 0 aliphatic carbocycles. The van der Waals surface area contributed by atoms with Gasteiger partial charge in [-0.15, -0.1) is 0 Å². The summed E-state index contributed by atoms with van der Waals surface area (Å²) in [6, 6.07) is 6.22. The highest BCUT2D eigenvalue weighted by molar-refractivity contribution is 6.30. The van der Waals surface area contributed by atoms with Crippen LogP contribution in [0.5, 0.6) is 0 Å². The lowest BCUT2D eigenvalue weighted by Crippen LogP contribution is -2.23. The Morgan fingerprint density at radius 2 is 1.91 bits per heavy atom. The van der Waals surface area contributed by atoms with Gasteiger partial charge in [-0.1, -0.05) is 11.6 Å². The maximum atomic E-state index is 12.0. The molecule has 22 heavy (non-hydrogen) atoms. The van der Waals surface area contributed by atoms with Gasteiger partial charge in [0.25, 0.3) is 5.91 Å². The molecule has 0 aliphatic heterocycles. The number of rotatable bonds is 4. The molecule has 0 fully saturated rings. The van der Waals surface area contributed by atoms with Crippen LogP contribution in [0.3, 0.4) is 0 Å². The predicted molar refractivity (Wildman–Crippen MR) is 85.4 cm³/mol. The highest BCUT2D eigenvalue weighted by Crippen LogP contribution is 2.16. The molecule has 1 aromatic carbocycles. The summed E-state index contributed by atoms with van der Waals surface area (Å²) in [6.45, 7) is 2.47. The zero-order chi connectivity index (χ0) is 16.1. The largest absolute Gasteiger partial charge is 0.354 e. The summed E-state index contributed by atoms with van der Waals surface area (Å²) >= 11 is 5.78. The lowest BCUT2D eigenvalue weighted by Gasteiger charge is -2.07. The fraction of sp³-hybridized carbons (Fsp3) is 0.214. The van der Waals surface area contributed by atoms with Crippen molar-refractivity contribution in [1.82, 2.24) is 15.1 Å². The van der Waals surface area contributed by atoms with Gasteiger partial charge >= 0.3 is 6.03 Å². The van der Waals surface area contributed by atoms with Crippen LogP contribution in [0, 0.1) is 0 Å². The third-order valence-corrected chi connectivity index (χ3v) is 3.13. The Morgan fingerprint density at radius 1 is 1.23 bits per heavy atom. The third-order valence-electron chi connectivity index (χ3n) is 2.88. The number of benzene rings is 1. The van der Waals surface area contributed by atoms with Gasteiger partial charge in [0, 0.05) is 30.5 Å². The Labute approximate surface area is 132 Å². The number of aromatic nitrogens is 2. The lowest BCUT2D eigenvalue weighted by atomic mass is 10.3. The molecular weight excluding hydrogens is 306 g/mol. The number of halogens is 1. The molecule has 116 valence electrons. The molecule has 1 heterocycles. The number of nitrogens with one attached hydrogen (secondary N) is 3. The van der Waals surface area contributed by atoms with Crippen molar-refractivity contribution >= 4 is 34.9 Å². The monoisotopic (exact) mass is 321 g/mol. The molecule has 8 heteroatoms. The normalized spacial score (nSPS) is 10.1. The molecule has 0 saturated carbocycles. The van der Waals surface area contributed by atoms with Crippen LogP contribution in [0.1, 0.15) is 17.4 Å². The van der Waals surface area contributed by atoms with Gasteiger partial charge in [-0.05, 0) is 31.2 Å². The number of carbonyl (C=O) groups is 2. The molecule has 7 nitrogen and oxygen atoms in total. The van der Waals surface area contributed by atoms with Crippen molar-refractivity contribution in [2.24, 2.45) is 0 Å².